The van der Waals surface area contributed by atoms with E-state index >= 15 is 0 Å². The molecule has 1 N–H and O–H groups in total. The molecule has 1 saturated heterocycles. The van der Waals surface area contributed by atoms with Gasteiger partial charge in [0.15, 0.2) is 11.5 Å². The van der Waals surface area contributed by atoms with Gasteiger partial charge in [0.2, 0.25) is 6.79 Å². The zero-order chi connectivity index (χ0) is 13.2. The summed E-state index contributed by atoms with van der Waals surface area (Å²) in [6, 6.07) is 1.92. The summed E-state index contributed by atoms with van der Waals surface area (Å²) in [6.45, 7) is 2.50. The molecule has 5 heteroatoms. The lowest BCUT2D eigenvalue weighted by atomic mass is 9.90. The lowest BCUT2D eigenvalue weighted by molar-refractivity contribution is 0.172. The van der Waals surface area contributed by atoms with E-state index in [1.54, 1.807) is 7.11 Å². The van der Waals surface area contributed by atoms with Crippen molar-refractivity contribution in [2.45, 2.75) is 19.3 Å². The van der Waals surface area contributed by atoms with Crippen molar-refractivity contribution in [3.8, 4) is 17.2 Å². The second kappa shape index (κ2) is 5.59. The molecule has 1 aromatic rings. The van der Waals surface area contributed by atoms with Crippen molar-refractivity contribution in [2.75, 3.05) is 27.0 Å². The van der Waals surface area contributed by atoms with E-state index in [2.05, 4.69) is 21.2 Å². The Hall–Kier alpha value is -0.940. The van der Waals surface area contributed by atoms with Crippen molar-refractivity contribution < 1.29 is 14.2 Å². The highest BCUT2D eigenvalue weighted by Gasteiger charge is 2.26. The number of methoxy groups -OCH3 is 1. The molecule has 2 heterocycles. The molecule has 3 rings (SSSR count). The first-order valence-corrected chi connectivity index (χ1v) is 7.44. The van der Waals surface area contributed by atoms with Gasteiger partial charge in [-0.15, -0.1) is 0 Å². The maximum Gasteiger partial charge on any atom is 0.231 e. The third kappa shape index (κ3) is 2.54. The fourth-order valence-electron chi connectivity index (χ4n) is 2.84. The first-order chi connectivity index (χ1) is 9.29. The van der Waals surface area contributed by atoms with Crippen molar-refractivity contribution in [3.05, 3.63) is 16.1 Å². The average Bonchev–Trinajstić information content (AvgIpc) is 2.88. The molecule has 4 nitrogen and oxygen atoms in total. The summed E-state index contributed by atoms with van der Waals surface area (Å²) in [5, 5.41) is 3.40. The van der Waals surface area contributed by atoms with E-state index in [1.807, 2.05) is 6.07 Å². The minimum atomic E-state index is 0.300. The third-order valence-corrected chi connectivity index (χ3v) is 4.41. The lowest BCUT2D eigenvalue weighted by Crippen LogP contribution is -2.28. The smallest absolute Gasteiger partial charge is 0.231 e. The summed E-state index contributed by atoms with van der Waals surface area (Å²) < 4.78 is 17.6. The molecule has 0 spiro atoms. The predicted molar refractivity (Wildman–Crippen MR) is 76.1 cm³/mol. The van der Waals surface area contributed by atoms with Crippen LogP contribution >= 0.6 is 15.9 Å². The molecule has 104 valence electrons. The molecule has 0 atom stereocenters. The van der Waals surface area contributed by atoms with E-state index in [0.29, 0.717) is 12.7 Å². The summed E-state index contributed by atoms with van der Waals surface area (Å²) in [6.07, 6.45) is 3.38. The number of piperidine rings is 1. The number of halogens is 1. The molecule has 19 heavy (non-hydrogen) atoms. The van der Waals surface area contributed by atoms with E-state index in [4.69, 9.17) is 14.2 Å². The van der Waals surface area contributed by atoms with Crippen molar-refractivity contribution >= 4 is 15.9 Å². The van der Waals surface area contributed by atoms with Crippen molar-refractivity contribution in [1.29, 1.82) is 0 Å². The molecule has 0 unspecified atom stereocenters. The van der Waals surface area contributed by atoms with Crippen LogP contribution in [0.3, 0.4) is 0 Å². The zero-order valence-electron chi connectivity index (χ0n) is 11.0. The number of fused-ring (bicyclic) bond motifs is 1. The SMILES string of the molecule is COc1c(Br)cc2c(c1CC1CCNCC1)OCO2. The van der Waals surface area contributed by atoms with Crippen LogP contribution in [0.1, 0.15) is 18.4 Å². The standard InChI is InChI=1S/C14H18BrNO3/c1-17-13-10(6-9-2-4-16-5-3-9)14-12(7-11(13)15)18-8-19-14/h7,9,16H,2-6,8H2,1H3. The topological polar surface area (TPSA) is 39.7 Å². The van der Waals surface area contributed by atoms with E-state index in [-0.39, 0.29) is 0 Å². The highest BCUT2D eigenvalue weighted by Crippen LogP contribution is 2.46. The maximum absolute atomic E-state index is 5.63. The average molecular weight is 328 g/mol. The van der Waals surface area contributed by atoms with E-state index in [9.17, 15) is 0 Å². The van der Waals surface area contributed by atoms with Crippen LogP contribution in [0.5, 0.6) is 17.2 Å². The van der Waals surface area contributed by atoms with Crippen LogP contribution in [0.25, 0.3) is 0 Å². The van der Waals surface area contributed by atoms with Crippen molar-refractivity contribution in [3.63, 3.8) is 0 Å². The fourth-order valence-corrected chi connectivity index (χ4v) is 3.45. The summed E-state index contributed by atoms with van der Waals surface area (Å²) in [5.74, 6) is 3.23. The summed E-state index contributed by atoms with van der Waals surface area (Å²) in [5.41, 5.74) is 1.14. The van der Waals surface area contributed by atoms with Gasteiger partial charge in [0.25, 0.3) is 0 Å². The second-order valence-electron chi connectivity index (χ2n) is 5.00. The molecule has 0 radical (unpaired) electrons. The van der Waals surface area contributed by atoms with Crippen LogP contribution in [0.15, 0.2) is 10.5 Å². The second-order valence-corrected chi connectivity index (χ2v) is 5.86. The van der Waals surface area contributed by atoms with Crippen molar-refractivity contribution in [1.82, 2.24) is 5.32 Å². The molecule has 0 saturated carbocycles. The van der Waals surface area contributed by atoms with Crippen LogP contribution in [-0.2, 0) is 6.42 Å². The van der Waals surface area contributed by atoms with Crippen LogP contribution < -0.4 is 19.5 Å². The predicted octanol–water partition coefficient (Wildman–Crippen LogP) is 2.73. The summed E-state index contributed by atoms with van der Waals surface area (Å²) >= 11 is 3.55. The van der Waals surface area contributed by atoms with Gasteiger partial charge in [0.1, 0.15) is 5.75 Å². The Balaban J connectivity index is 1.93. The molecule has 0 bridgehead atoms. The Bertz CT molecular complexity index is 468. The number of ether oxygens (including phenoxy) is 3. The van der Waals surface area contributed by atoms with Gasteiger partial charge in [-0.3, -0.25) is 0 Å². The lowest BCUT2D eigenvalue weighted by Gasteiger charge is -2.24. The molecule has 0 aliphatic carbocycles. The Kier molecular flexibility index (Phi) is 3.84. The van der Waals surface area contributed by atoms with Crippen LogP contribution in [-0.4, -0.2) is 27.0 Å². The van der Waals surface area contributed by atoms with Gasteiger partial charge in [0.05, 0.1) is 11.6 Å². The Morgan fingerprint density at radius 3 is 2.89 bits per heavy atom. The number of hydrogen-bond donors (Lipinski definition) is 1. The van der Waals surface area contributed by atoms with Crippen molar-refractivity contribution in [2.24, 2.45) is 5.92 Å². The Labute approximate surface area is 121 Å². The molecular weight excluding hydrogens is 310 g/mol. The molecule has 1 aromatic carbocycles. The quantitative estimate of drug-likeness (QED) is 0.926. The minimum Gasteiger partial charge on any atom is -0.495 e. The van der Waals surface area contributed by atoms with E-state index in [1.165, 1.54) is 12.8 Å². The van der Waals surface area contributed by atoms with Gasteiger partial charge in [-0.05, 0) is 54.2 Å². The van der Waals surface area contributed by atoms with Gasteiger partial charge in [-0.1, -0.05) is 0 Å². The highest BCUT2D eigenvalue weighted by molar-refractivity contribution is 9.10. The first-order valence-electron chi connectivity index (χ1n) is 6.65. The Morgan fingerprint density at radius 2 is 2.16 bits per heavy atom. The van der Waals surface area contributed by atoms with Crippen LogP contribution in [0.2, 0.25) is 0 Å². The number of nitrogens with one attached hydrogen (secondary N) is 1. The Morgan fingerprint density at radius 1 is 1.37 bits per heavy atom. The number of hydrogen-bond acceptors (Lipinski definition) is 4. The van der Waals surface area contributed by atoms with Gasteiger partial charge in [0, 0.05) is 11.6 Å². The molecular formula is C14H18BrNO3. The normalized spacial score (nSPS) is 18.6. The van der Waals surface area contributed by atoms with Gasteiger partial charge < -0.3 is 19.5 Å². The molecule has 0 aromatic heterocycles. The first kappa shape index (κ1) is 13.1. The molecule has 2 aliphatic heterocycles. The molecule has 2 aliphatic rings. The maximum atomic E-state index is 5.63. The molecule has 1 fully saturated rings. The third-order valence-electron chi connectivity index (χ3n) is 3.82. The highest BCUT2D eigenvalue weighted by atomic mass is 79.9. The fraction of sp³-hybridized carbons (Fsp3) is 0.571. The minimum absolute atomic E-state index is 0.300. The largest absolute Gasteiger partial charge is 0.495 e. The van der Waals surface area contributed by atoms with E-state index in [0.717, 1.165) is 46.8 Å². The van der Waals surface area contributed by atoms with Gasteiger partial charge >= 0.3 is 0 Å². The van der Waals surface area contributed by atoms with Gasteiger partial charge in [-0.2, -0.15) is 0 Å². The van der Waals surface area contributed by atoms with Crippen LogP contribution in [0, 0.1) is 5.92 Å². The van der Waals surface area contributed by atoms with E-state index < -0.39 is 0 Å². The number of benzene rings is 1. The number of rotatable bonds is 3. The zero-order valence-corrected chi connectivity index (χ0v) is 12.6. The van der Waals surface area contributed by atoms with Gasteiger partial charge in [-0.25, -0.2) is 0 Å². The van der Waals surface area contributed by atoms with Crippen LogP contribution in [0.4, 0.5) is 0 Å². The summed E-state index contributed by atoms with van der Waals surface area (Å²) in [4.78, 5) is 0. The summed E-state index contributed by atoms with van der Waals surface area (Å²) in [7, 11) is 1.70. The molecule has 0 amide bonds. The monoisotopic (exact) mass is 327 g/mol.